The largest absolute Gasteiger partial charge is 0.394 e. The van der Waals surface area contributed by atoms with Crippen LogP contribution in [0, 0.1) is 5.41 Å². The summed E-state index contributed by atoms with van der Waals surface area (Å²) in [6.45, 7) is 4.34. The Balaban J connectivity index is 4.45. The predicted octanol–water partition coefficient (Wildman–Crippen LogP) is 0.111. The van der Waals surface area contributed by atoms with Crippen LogP contribution >= 0.6 is 11.6 Å². The number of carbonyl (C=O) groups is 1. The lowest BCUT2D eigenvalue weighted by atomic mass is 9.93. The average Bonchev–Trinajstić information content (AvgIpc) is 2.17. The van der Waals surface area contributed by atoms with Gasteiger partial charge in [0, 0.05) is 5.88 Å². The number of aliphatic hydroxyl groups is 2. The van der Waals surface area contributed by atoms with Crippen molar-refractivity contribution >= 4 is 17.5 Å². The van der Waals surface area contributed by atoms with Gasteiger partial charge >= 0.3 is 0 Å². The maximum Gasteiger partial charge on any atom is 0.227 e. The normalized spacial score (nSPS) is 12.7. The summed E-state index contributed by atoms with van der Waals surface area (Å²) in [6, 6.07) is 0. The topological polar surface area (TPSA) is 69.6 Å². The molecule has 0 aliphatic rings. The summed E-state index contributed by atoms with van der Waals surface area (Å²) in [5.41, 5.74) is -1.69. The van der Waals surface area contributed by atoms with Gasteiger partial charge in [0.15, 0.2) is 0 Å². The number of aliphatic hydroxyl groups excluding tert-OH is 2. The van der Waals surface area contributed by atoms with E-state index in [-0.39, 0.29) is 25.0 Å². The molecule has 1 amide bonds. The molecule has 0 saturated heterocycles. The number of alkyl halides is 1. The summed E-state index contributed by atoms with van der Waals surface area (Å²) < 4.78 is 0. The zero-order valence-electron chi connectivity index (χ0n) is 8.80. The molecule has 0 fully saturated rings. The van der Waals surface area contributed by atoms with E-state index in [1.165, 1.54) is 0 Å². The Morgan fingerprint density at radius 2 is 1.71 bits per heavy atom. The maximum absolute atomic E-state index is 11.6. The highest BCUT2D eigenvalue weighted by atomic mass is 35.5. The van der Waals surface area contributed by atoms with Crippen molar-refractivity contribution in [2.45, 2.75) is 26.3 Å². The Morgan fingerprint density at radius 1 is 1.29 bits per heavy atom. The van der Waals surface area contributed by atoms with Gasteiger partial charge in [0.1, 0.15) is 0 Å². The molecular weight excluding hydrogens is 206 g/mol. The first kappa shape index (κ1) is 13.7. The summed E-state index contributed by atoms with van der Waals surface area (Å²) in [7, 11) is 0. The zero-order valence-corrected chi connectivity index (χ0v) is 9.56. The second kappa shape index (κ2) is 4.96. The fourth-order valence-corrected chi connectivity index (χ4v) is 0.754. The van der Waals surface area contributed by atoms with Crippen molar-refractivity contribution in [3.05, 3.63) is 0 Å². The predicted molar refractivity (Wildman–Crippen MR) is 55.2 cm³/mol. The first-order chi connectivity index (χ1) is 6.31. The maximum atomic E-state index is 11.6. The Kier molecular flexibility index (Phi) is 4.84. The molecular formula is C9H18ClNO3. The third-order valence-electron chi connectivity index (χ3n) is 2.06. The second-order valence-electron chi connectivity index (χ2n) is 4.35. The number of hydrogen-bond donors (Lipinski definition) is 3. The molecule has 0 aliphatic carbocycles. The van der Waals surface area contributed by atoms with Crippen molar-refractivity contribution in [3.8, 4) is 0 Å². The monoisotopic (exact) mass is 223 g/mol. The number of halogens is 1. The van der Waals surface area contributed by atoms with Gasteiger partial charge in [0.25, 0.3) is 0 Å². The van der Waals surface area contributed by atoms with Crippen molar-refractivity contribution in [3.63, 3.8) is 0 Å². The van der Waals surface area contributed by atoms with Gasteiger partial charge in [-0.3, -0.25) is 4.79 Å². The lowest BCUT2D eigenvalue weighted by molar-refractivity contribution is -0.131. The molecule has 0 atom stereocenters. The Hall–Kier alpha value is -0.320. The average molecular weight is 224 g/mol. The molecule has 0 spiro atoms. The molecule has 84 valence electrons. The minimum absolute atomic E-state index is 0.186. The zero-order chi connectivity index (χ0) is 11.4. The van der Waals surface area contributed by atoms with Crippen LogP contribution in [-0.4, -0.2) is 40.8 Å². The molecule has 0 aromatic heterocycles. The van der Waals surface area contributed by atoms with Crippen molar-refractivity contribution in [1.82, 2.24) is 5.32 Å². The molecule has 0 saturated carbocycles. The first-order valence-electron chi connectivity index (χ1n) is 4.41. The number of hydrogen-bond acceptors (Lipinski definition) is 3. The summed E-state index contributed by atoms with van der Waals surface area (Å²) in [5.74, 6) is -0.0933. The van der Waals surface area contributed by atoms with E-state index >= 15 is 0 Å². The molecule has 0 unspecified atom stereocenters. The Bertz CT molecular complexity index is 202. The minimum atomic E-state index is -0.986. The molecule has 0 aliphatic heterocycles. The van der Waals surface area contributed by atoms with Crippen molar-refractivity contribution < 1.29 is 15.0 Å². The number of amides is 1. The van der Waals surface area contributed by atoms with Crippen molar-refractivity contribution in [2.75, 3.05) is 19.1 Å². The standard InChI is InChI=1S/C9H18ClNO3/c1-8(2,4-10)7(14)11-9(3,5-12)6-13/h12-13H,4-6H2,1-3H3,(H,11,14). The molecule has 0 aromatic carbocycles. The fraction of sp³-hybridized carbons (Fsp3) is 0.889. The van der Waals surface area contributed by atoms with Crippen LogP contribution in [-0.2, 0) is 4.79 Å². The second-order valence-corrected chi connectivity index (χ2v) is 4.62. The van der Waals surface area contributed by atoms with Gasteiger partial charge in [-0.2, -0.15) is 0 Å². The van der Waals surface area contributed by atoms with Gasteiger partial charge in [0.05, 0.1) is 24.2 Å². The lowest BCUT2D eigenvalue weighted by Gasteiger charge is -2.31. The minimum Gasteiger partial charge on any atom is -0.394 e. The quantitative estimate of drug-likeness (QED) is 0.580. The van der Waals surface area contributed by atoms with Gasteiger partial charge in [-0.25, -0.2) is 0 Å². The first-order valence-corrected chi connectivity index (χ1v) is 4.95. The van der Waals surface area contributed by atoms with Crippen LogP contribution in [0.3, 0.4) is 0 Å². The molecule has 4 nitrogen and oxygen atoms in total. The molecule has 0 rings (SSSR count). The fourth-order valence-electron chi connectivity index (χ4n) is 0.633. The smallest absolute Gasteiger partial charge is 0.227 e. The molecule has 14 heavy (non-hydrogen) atoms. The highest BCUT2D eigenvalue weighted by Crippen LogP contribution is 2.18. The van der Waals surface area contributed by atoms with Crippen LogP contribution in [0.25, 0.3) is 0 Å². The van der Waals surface area contributed by atoms with Crippen molar-refractivity contribution in [2.24, 2.45) is 5.41 Å². The third kappa shape index (κ3) is 3.44. The van der Waals surface area contributed by atoms with Crippen LogP contribution in [0.2, 0.25) is 0 Å². The number of rotatable bonds is 5. The number of carbonyl (C=O) groups excluding carboxylic acids is 1. The summed E-state index contributed by atoms with van der Waals surface area (Å²) in [4.78, 5) is 11.6. The van der Waals surface area contributed by atoms with Gasteiger partial charge < -0.3 is 15.5 Å². The van der Waals surface area contributed by atoms with Crippen LogP contribution in [0.1, 0.15) is 20.8 Å². The van der Waals surface area contributed by atoms with E-state index in [1.807, 2.05) is 0 Å². The molecule has 0 bridgehead atoms. The van der Waals surface area contributed by atoms with E-state index in [1.54, 1.807) is 20.8 Å². The van der Waals surface area contributed by atoms with E-state index in [0.29, 0.717) is 0 Å². The summed E-state index contributed by atoms with van der Waals surface area (Å²) >= 11 is 5.62. The SMILES string of the molecule is CC(CO)(CO)NC(=O)C(C)(C)CCl. The highest BCUT2D eigenvalue weighted by Gasteiger charge is 2.32. The van der Waals surface area contributed by atoms with Gasteiger partial charge in [0.2, 0.25) is 5.91 Å². The Morgan fingerprint density at radius 3 is 2.00 bits per heavy atom. The van der Waals surface area contributed by atoms with E-state index in [0.717, 1.165) is 0 Å². The molecule has 5 heteroatoms. The third-order valence-corrected chi connectivity index (χ3v) is 2.73. The van der Waals surface area contributed by atoms with E-state index in [2.05, 4.69) is 5.32 Å². The van der Waals surface area contributed by atoms with Crippen LogP contribution < -0.4 is 5.32 Å². The Labute approximate surface area is 89.3 Å². The van der Waals surface area contributed by atoms with Gasteiger partial charge in [-0.05, 0) is 20.8 Å². The van der Waals surface area contributed by atoms with E-state index < -0.39 is 11.0 Å². The molecule has 3 N–H and O–H groups in total. The van der Waals surface area contributed by atoms with Crippen LogP contribution in [0.4, 0.5) is 0 Å². The van der Waals surface area contributed by atoms with Crippen LogP contribution in [0.5, 0.6) is 0 Å². The highest BCUT2D eigenvalue weighted by molar-refractivity contribution is 6.19. The van der Waals surface area contributed by atoms with E-state index in [4.69, 9.17) is 21.8 Å². The van der Waals surface area contributed by atoms with Gasteiger partial charge in [-0.1, -0.05) is 0 Å². The lowest BCUT2D eigenvalue weighted by Crippen LogP contribution is -2.55. The molecule has 0 radical (unpaired) electrons. The summed E-state index contributed by atoms with van der Waals surface area (Å²) in [5, 5.41) is 20.5. The number of nitrogens with one attached hydrogen (secondary N) is 1. The summed E-state index contributed by atoms with van der Waals surface area (Å²) in [6.07, 6.45) is 0. The van der Waals surface area contributed by atoms with Gasteiger partial charge in [-0.15, -0.1) is 11.6 Å². The van der Waals surface area contributed by atoms with Crippen LogP contribution in [0.15, 0.2) is 0 Å². The molecule has 0 aromatic rings. The molecule has 0 heterocycles. The van der Waals surface area contributed by atoms with E-state index in [9.17, 15) is 4.79 Å². The van der Waals surface area contributed by atoms with Crippen molar-refractivity contribution in [1.29, 1.82) is 0 Å².